The SMILES string of the molecule is C[C@H](N)c1cccc(F)c1N(C)CCc1cccs1. The van der Waals surface area contributed by atoms with E-state index in [4.69, 9.17) is 5.73 Å². The van der Waals surface area contributed by atoms with Crippen molar-refractivity contribution >= 4 is 17.0 Å². The van der Waals surface area contributed by atoms with Crippen molar-refractivity contribution in [1.29, 1.82) is 0 Å². The van der Waals surface area contributed by atoms with Crippen molar-refractivity contribution in [2.75, 3.05) is 18.5 Å². The van der Waals surface area contributed by atoms with Crippen LogP contribution < -0.4 is 10.6 Å². The van der Waals surface area contributed by atoms with Gasteiger partial charge in [0, 0.05) is 24.5 Å². The highest BCUT2D eigenvalue weighted by Crippen LogP contribution is 2.27. The summed E-state index contributed by atoms with van der Waals surface area (Å²) < 4.78 is 14.0. The first-order valence-corrected chi connectivity index (χ1v) is 7.25. The molecule has 102 valence electrons. The van der Waals surface area contributed by atoms with Crippen LogP contribution in [-0.2, 0) is 6.42 Å². The monoisotopic (exact) mass is 278 g/mol. The lowest BCUT2D eigenvalue weighted by Crippen LogP contribution is -2.24. The van der Waals surface area contributed by atoms with Crippen LogP contribution in [0.5, 0.6) is 0 Å². The lowest BCUT2D eigenvalue weighted by atomic mass is 10.1. The maximum atomic E-state index is 14.0. The third kappa shape index (κ3) is 3.33. The molecule has 0 radical (unpaired) electrons. The smallest absolute Gasteiger partial charge is 0.146 e. The van der Waals surface area contributed by atoms with Crippen molar-refractivity contribution in [3.05, 3.63) is 52.0 Å². The molecule has 0 aliphatic carbocycles. The van der Waals surface area contributed by atoms with Gasteiger partial charge in [0.25, 0.3) is 0 Å². The summed E-state index contributed by atoms with van der Waals surface area (Å²) in [5.74, 6) is -0.205. The lowest BCUT2D eigenvalue weighted by molar-refractivity contribution is 0.616. The highest BCUT2D eigenvalue weighted by atomic mass is 32.1. The molecule has 19 heavy (non-hydrogen) atoms. The molecule has 2 nitrogen and oxygen atoms in total. The van der Waals surface area contributed by atoms with Gasteiger partial charge in [0.1, 0.15) is 5.82 Å². The van der Waals surface area contributed by atoms with Crippen LogP contribution in [-0.4, -0.2) is 13.6 Å². The van der Waals surface area contributed by atoms with Crippen molar-refractivity contribution in [1.82, 2.24) is 0 Å². The zero-order valence-corrected chi connectivity index (χ0v) is 12.1. The molecule has 1 heterocycles. The number of hydrogen-bond donors (Lipinski definition) is 1. The number of rotatable bonds is 5. The van der Waals surface area contributed by atoms with E-state index in [1.807, 2.05) is 31.0 Å². The Morgan fingerprint density at radius 3 is 2.74 bits per heavy atom. The number of para-hydroxylation sites is 1. The van der Waals surface area contributed by atoms with Crippen LogP contribution in [0.2, 0.25) is 0 Å². The molecular formula is C15H19FN2S. The van der Waals surface area contributed by atoms with Gasteiger partial charge in [-0.15, -0.1) is 11.3 Å². The summed E-state index contributed by atoms with van der Waals surface area (Å²) in [6, 6.07) is 9.07. The summed E-state index contributed by atoms with van der Waals surface area (Å²) in [6.07, 6.45) is 0.918. The van der Waals surface area contributed by atoms with Crippen molar-refractivity contribution in [2.45, 2.75) is 19.4 Å². The molecule has 0 saturated carbocycles. The molecule has 0 fully saturated rings. The van der Waals surface area contributed by atoms with Crippen LogP contribution in [0, 0.1) is 5.82 Å². The average molecular weight is 278 g/mol. The molecule has 2 aromatic rings. The summed E-state index contributed by atoms with van der Waals surface area (Å²) in [4.78, 5) is 3.26. The van der Waals surface area contributed by atoms with Gasteiger partial charge in [-0.1, -0.05) is 18.2 Å². The average Bonchev–Trinajstić information content (AvgIpc) is 2.88. The molecule has 0 aliphatic rings. The molecule has 4 heteroatoms. The molecule has 0 aliphatic heterocycles. The Morgan fingerprint density at radius 1 is 1.32 bits per heavy atom. The van der Waals surface area contributed by atoms with E-state index in [9.17, 15) is 4.39 Å². The second kappa shape index (κ2) is 6.17. The fourth-order valence-electron chi connectivity index (χ4n) is 2.15. The molecule has 0 saturated heterocycles. The summed E-state index contributed by atoms with van der Waals surface area (Å²) >= 11 is 1.73. The van der Waals surface area contributed by atoms with Crippen LogP contribution in [0.25, 0.3) is 0 Å². The van der Waals surface area contributed by atoms with Crippen molar-refractivity contribution in [3.63, 3.8) is 0 Å². The topological polar surface area (TPSA) is 29.3 Å². The van der Waals surface area contributed by atoms with E-state index in [0.717, 1.165) is 18.5 Å². The molecule has 0 unspecified atom stereocenters. The highest BCUT2D eigenvalue weighted by molar-refractivity contribution is 7.09. The molecule has 1 aromatic carbocycles. The maximum Gasteiger partial charge on any atom is 0.146 e. The van der Waals surface area contributed by atoms with Crippen molar-refractivity contribution in [3.8, 4) is 0 Å². The third-order valence-electron chi connectivity index (χ3n) is 3.16. The Bertz CT molecular complexity index is 523. The van der Waals surface area contributed by atoms with Gasteiger partial charge in [-0.2, -0.15) is 0 Å². The number of anilines is 1. The zero-order chi connectivity index (χ0) is 13.8. The number of halogens is 1. The van der Waals surface area contributed by atoms with Gasteiger partial charge in [-0.25, -0.2) is 4.39 Å². The second-order valence-electron chi connectivity index (χ2n) is 4.72. The van der Waals surface area contributed by atoms with Crippen LogP contribution in [0.3, 0.4) is 0 Å². The van der Waals surface area contributed by atoms with E-state index < -0.39 is 0 Å². The Hall–Kier alpha value is -1.39. The molecule has 2 rings (SSSR count). The van der Waals surface area contributed by atoms with E-state index in [1.54, 1.807) is 17.4 Å². The summed E-state index contributed by atoms with van der Waals surface area (Å²) in [5.41, 5.74) is 7.40. The zero-order valence-electron chi connectivity index (χ0n) is 11.3. The van der Waals surface area contributed by atoms with Gasteiger partial charge < -0.3 is 10.6 Å². The quantitative estimate of drug-likeness (QED) is 0.905. The van der Waals surface area contributed by atoms with E-state index in [0.29, 0.717) is 5.69 Å². The van der Waals surface area contributed by atoms with Gasteiger partial charge in [-0.3, -0.25) is 0 Å². The van der Waals surface area contributed by atoms with Crippen LogP contribution in [0.15, 0.2) is 35.7 Å². The lowest BCUT2D eigenvalue weighted by Gasteiger charge is -2.24. The minimum absolute atomic E-state index is 0.171. The molecule has 2 N–H and O–H groups in total. The van der Waals surface area contributed by atoms with Gasteiger partial charge >= 0.3 is 0 Å². The molecule has 0 spiro atoms. The number of benzene rings is 1. The minimum atomic E-state index is -0.205. The normalized spacial score (nSPS) is 12.4. The molecule has 1 aromatic heterocycles. The number of likely N-dealkylation sites (N-methyl/N-ethyl adjacent to an activating group) is 1. The molecule has 1 atom stereocenters. The highest BCUT2D eigenvalue weighted by Gasteiger charge is 2.15. The van der Waals surface area contributed by atoms with E-state index in [2.05, 4.69) is 11.4 Å². The summed E-state index contributed by atoms with van der Waals surface area (Å²) in [6.45, 7) is 2.66. The predicted octanol–water partition coefficient (Wildman–Crippen LogP) is 3.59. The fraction of sp³-hybridized carbons (Fsp3) is 0.333. The maximum absolute atomic E-state index is 14.0. The Labute approximate surface area is 117 Å². The van der Waals surface area contributed by atoms with Crippen LogP contribution >= 0.6 is 11.3 Å². The first-order chi connectivity index (χ1) is 9.09. The largest absolute Gasteiger partial charge is 0.372 e. The molecular weight excluding hydrogens is 259 g/mol. The molecule has 0 amide bonds. The van der Waals surface area contributed by atoms with Gasteiger partial charge in [-0.05, 0) is 36.4 Å². The van der Waals surface area contributed by atoms with Crippen molar-refractivity contribution < 1.29 is 4.39 Å². The second-order valence-corrected chi connectivity index (χ2v) is 5.75. The van der Waals surface area contributed by atoms with Crippen LogP contribution in [0.1, 0.15) is 23.4 Å². The third-order valence-corrected chi connectivity index (χ3v) is 4.10. The van der Waals surface area contributed by atoms with Gasteiger partial charge in [0.05, 0.1) is 5.69 Å². The van der Waals surface area contributed by atoms with Crippen LogP contribution in [0.4, 0.5) is 10.1 Å². The molecule has 0 bridgehead atoms. The van der Waals surface area contributed by atoms with E-state index >= 15 is 0 Å². The summed E-state index contributed by atoms with van der Waals surface area (Å²) in [7, 11) is 1.91. The van der Waals surface area contributed by atoms with Crippen molar-refractivity contribution in [2.24, 2.45) is 5.73 Å². The number of thiophene rings is 1. The standard InChI is InChI=1S/C15H19FN2S/c1-11(17)13-6-3-7-14(16)15(13)18(2)9-8-12-5-4-10-19-12/h3-7,10-11H,8-9,17H2,1-2H3/t11-/m0/s1. The number of nitrogens with zero attached hydrogens (tertiary/aromatic N) is 1. The predicted molar refractivity (Wildman–Crippen MR) is 80.3 cm³/mol. The first kappa shape index (κ1) is 14.0. The van der Waals surface area contributed by atoms with Gasteiger partial charge in [0.15, 0.2) is 0 Å². The Morgan fingerprint density at radius 2 is 2.11 bits per heavy atom. The van der Waals surface area contributed by atoms with E-state index in [1.165, 1.54) is 10.9 Å². The first-order valence-electron chi connectivity index (χ1n) is 6.37. The Balaban J connectivity index is 2.16. The number of nitrogens with two attached hydrogens (primary N) is 1. The van der Waals surface area contributed by atoms with E-state index in [-0.39, 0.29) is 11.9 Å². The minimum Gasteiger partial charge on any atom is -0.372 e. The summed E-state index contributed by atoms with van der Waals surface area (Å²) in [5, 5.41) is 2.06. The number of hydrogen-bond acceptors (Lipinski definition) is 3. The Kier molecular flexibility index (Phi) is 4.56. The van der Waals surface area contributed by atoms with Gasteiger partial charge in [0.2, 0.25) is 0 Å². The fourth-order valence-corrected chi connectivity index (χ4v) is 2.84.